The average Bonchev–Trinajstić information content (AvgIpc) is 2.66. The molecule has 0 fully saturated rings. The van der Waals surface area contributed by atoms with Gasteiger partial charge in [-0.15, -0.1) is 0 Å². The Bertz CT molecular complexity index is 480. The van der Waals surface area contributed by atoms with E-state index in [9.17, 15) is 0 Å². The lowest BCUT2D eigenvalue weighted by atomic mass is 9.88. The van der Waals surface area contributed by atoms with Gasteiger partial charge in [-0.2, -0.15) is 4.98 Å². The Kier molecular flexibility index (Phi) is 3.57. The molecule has 2 aromatic rings. The van der Waals surface area contributed by atoms with E-state index in [2.05, 4.69) is 31.1 Å². The summed E-state index contributed by atoms with van der Waals surface area (Å²) in [4.78, 5) is 4.35. The number of oxazole rings is 1. The normalized spacial score (nSPS) is 13.8. The molecule has 4 nitrogen and oxygen atoms in total. The number of fused-ring (bicyclic) bond motifs is 1. The molecule has 1 aromatic heterocycles. The van der Waals surface area contributed by atoms with Gasteiger partial charge in [0.1, 0.15) is 5.52 Å². The van der Waals surface area contributed by atoms with Crippen LogP contribution in [0.4, 0.5) is 6.01 Å². The molecule has 0 aliphatic carbocycles. The zero-order valence-corrected chi connectivity index (χ0v) is 11.2. The SMILES string of the molecule is CC(C)(C)CC(N)CNc1nc2ccccc2o1. The fourth-order valence-electron chi connectivity index (χ4n) is 2.02. The third kappa shape index (κ3) is 3.47. The predicted molar refractivity (Wildman–Crippen MR) is 74.5 cm³/mol. The van der Waals surface area contributed by atoms with Crippen molar-refractivity contribution in [3.05, 3.63) is 24.3 Å². The van der Waals surface area contributed by atoms with Crippen molar-refractivity contribution in [2.45, 2.75) is 33.2 Å². The molecule has 1 atom stereocenters. The molecule has 0 saturated heterocycles. The summed E-state index contributed by atoms with van der Waals surface area (Å²) in [5.41, 5.74) is 7.97. The van der Waals surface area contributed by atoms with Gasteiger partial charge in [0.25, 0.3) is 6.01 Å². The molecule has 1 heterocycles. The van der Waals surface area contributed by atoms with E-state index >= 15 is 0 Å². The molecule has 0 aliphatic rings. The molecule has 0 radical (unpaired) electrons. The maximum Gasteiger partial charge on any atom is 0.295 e. The van der Waals surface area contributed by atoms with Crippen LogP contribution in [0.15, 0.2) is 28.7 Å². The second kappa shape index (κ2) is 4.98. The summed E-state index contributed by atoms with van der Waals surface area (Å²) in [6.07, 6.45) is 0.959. The molecule has 0 aliphatic heterocycles. The van der Waals surface area contributed by atoms with Crippen LogP contribution < -0.4 is 11.1 Å². The van der Waals surface area contributed by atoms with Gasteiger partial charge in [-0.05, 0) is 24.0 Å². The Morgan fingerprint density at radius 1 is 1.33 bits per heavy atom. The van der Waals surface area contributed by atoms with Crippen molar-refractivity contribution in [3.63, 3.8) is 0 Å². The van der Waals surface area contributed by atoms with E-state index < -0.39 is 0 Å². The second-order valence-electron chi connectivity index (χ2n) is 5.89. The highest BCUT2D eigenvalue weighted by Crippen LogP contribution is 2.21. The van der Waals surface area contributed by atoms with Crippen LogP contribution in [-0.2, 0) is 0 Å². The van der Waals surface area contributed by atoms with Crippen LogP contribution in [0.5, 0.6) is 0 Å². The third-order valence-corrected chi connectivity index (χ3v) is 2.68. The van der Waals surface area contributed by atoms with Gasteiger partial charge >= 0.3 is 0 Å². The zero-order valence-electron chi connectivity index (χ0n) is 11.2. The quantitative estimate of drug-likeness (QED) is 0.871. The molecule has 0 amide bonds. The summed E-state index contributed by atoms with van der Waals surface area (Å²) >= 11 is 0. The minimum atomic E-state index is 0.0972. The number of nitrogens with one attached hydrogen (secondary N) is 1. The topological polar surface area (TPSA) is 64.1 Å². The summed E-state index contributed by atoms with van der Waals surface area (Å²) < 4.78 is 5.57. The van der Waals surface area contributed by atoms with E-state index in [0.717, 1.165) is 17.5 Å². The van der Waals surface area contributed by atoms with Gasteiger partial charge in [-0.1, -0.05) is 32.9 Å². The summed E-state index contributed by atoms with van der Waals surface area (Å²) in [5.74, 6) is 0. The van der Waals surface area contributed by atoms with Crippen LogP contribution >= 0.6 is 0 Å². The lowest BCUT2D eigenvalue weighted by Crippen LogP contribution is -2.33. The summed E-state index contributed by atoms with van der Waals surface area (Å²) in [6, 6.07) is 8.35. The molecule has 0 bridgehead atoms. The van der Waals surface area contributed by atoms with Crippen molar-refractivity contribution >= 4 is 17.1 Å². The molecule has 1 unspecified atom stereocenters. The monoisotopic (exact) mass is 247 g/mol. The summed E-state index contributed by atoms with van der Waals surface area (Å²) in [7, 11) is 0. The lowest BCUT2D eigenvalue weighted by molar-refractivity contribution is 0.344. The molecule has 98 valence electrons. The number of aromatic nitrogens is 1. The van der Waals surface area contributed by atoms with Gasteiger partial charge in [-0.25, -0.2) is 0 Å². The largest absolute Gasteiger partial charge is 0.424 e. The molecular weight excluding hydrogens is 226 g/mol. The summed E-state index contributed by atoms with van der Waals surface area (Å²) in [6.45, 7) is 7.23. The molecule has 2 rings (SSSR count). The zero-order chi connectivity index (χ0) is 13.2. The molecule has 4 heteroatoms. The maximum absolute atomic E-state index is 6.07. The molecule has 0 spiro atoms. The van der Waals surface area contributed by atoms with Gasteiger partial charge in [0.05, 0.1) is 0 Å². The number of nitrogens with zero attached hydrogens (tertiary/aromatic N) is 1. The van der Waals surface area contributed by atoms with Crippen LogP contribution in [0.2, 0.25) is 0 Å². The fraction of sp³-hybridized carbons (Fsp3) is 0.500. The van der Waals surface area contributed by atoms with E-state index in [1.807, 2.05) is 24.3 Å². The maximum atomic E-state index is 6.07. The van der Waals surface area contributed by atoms with E-state index in [1.54, 1.807) is 0 Å². The first-order valence-corrected chi connectivity index (χ1v) is 6.29. The minimum absolute atomic E-state index is 0.0972. The first-order valence-electron chi connectivity index (χ1n) is 6.29. The lowest BCUT2D eigenvalue weighted by Gasteiger charge is -2.22. The summed E-state index contributed by atoms with van der Waals surface area (Å²) in [5, 5.41) is 3.15. The molecule has 18 heavy (non-hydrogen) atoms. The van der Waals surface area contributed by atoms with Crippen molar-refractivity contribution in [3.8, 4) is 0 Å². The first kappa shape index (κ1) is 12.9. The van der Waals surface area contributed by atoms with Crippen molar-refractivity contribution in [1.29, 1.82) is 0 Å². The smallest absolute Gasteiger partial charge is 0.295 e. The second-order valence-corrected chi connectivity index (χ2v) is 5.89. The van der Waals surface area contributed by atoms with Crippen molar-refractivity contribution in [1.82, 2.24) is 4.98 Å². The third-order valence-electron chi connectivity index (χ3n) is 2.68. The van der Waals surface area contributed by atoms with Gasteiger partial charge < -0.3 is 15.5 Å². The molecule has 0 saturated carbocycles. The highest BCUT2D eigenvalue weighted by Gasteiger charge is 2.16. The van der Waals surface area contributed by atoms with Gasteiger partial charge in [0, 0.05) is 12.6 Å². The first-order chi connectivity index (χ1) is 8.44. The van der Waals surface area contributed by atoms with Crippen molar-refractivity contribution in [2.75, 3.05) is 11.9 Å². The molecule has 1 aromatic carbocycles. The predicted octanol–water partition coefficient (Wildman–Crippen LogP) is 3.00. The Morgan fingerprint density at radius 2 is 2.06 bits per heavy atom. The van der Waals surface area contributed by atoms with Crippen molar-refractivity contribution < 1.29 is 4.42 Å². The Labute approximate surface area is 108 Å². The highest BCUT2D eigenvalue weighted by molar-refractivity contribution is 5.74. The van der Waals surface area contributed by atoms with Crippen LogP contribution in [0.3, 0.4) is 0 Å². The van der Waals surface area contributed by atoms with Crippen molar-refractivity contribution in [2.24, 2.45) is 11.1 Å². The van der Waals surface area contributed by atoms with E-state index in [-0.39, 0.29) is 11.5 Å². The number of benzene rings is 1. The highest BCUT2D eigenvalue weighted by atomic mass is 16.4. The number of hydrogen-bond acceptors (Lipinski definition) is 4. The van der Waals surface area contributed by atoms with E-state index in [1.165, 1.54) is 0 Å². The standard InChI is InChI=1S/C14H21N3O/c1-14(2,3)8-10(15)9-16-13-17-11-6-4-5-7-12(11)18-13/h4-7,10H,8-9,15H2,1-3H3,(H,16,17). The Hall–Kier alpha value is -1.55. The number of para-hydroxylation sites is 2. The number of nitrogens with two attached hydrogens (primary N) is 1. The molecule has 3 N–H and O–H groups in total. The number of rotatable bonds is 4. The average molecular weight is 247 g/mol. The number of anilines is 1. The van der Waals surface area contributed by atoms with E-state index in [4.69, 9.17) is 10.2 Å². The molecular formula is C14H21N3O. The fourth-order valence-corrected chi connectivity index (χ4v) is 2.02. The Morgan fingerprint density at radius 3 is 2.72 bits per heavy atom. The van der Waals surface area contributed by atoms with E-state index in [0.29, 0.717) is 12.6 Å². The van der Waals surface area contributed by atoms with Gasteiger partial charge in [0.15, 0.2) is 5.58 Å². The van der Waals surface area contributed by atoms with Gasteiger partial charge in [0.2, 0.25) is 0 Å². The van der Waals surface area contributed by atoms with Crippen LogP contribution in [0.1, 0.15) is 27.2 Å². The van der Waals surface area contributed by atoms with Crippen LogP contribution in [0.25, 0.3) is 11.1 Å². The number of hydrogen-bond donors (Lipinski definition) is 2. The van der Waals surface area contributed by atoms with Crippen LogP contribution in [-0.4, -0.2) is 17.6 Å². The minimum Gasteiger partial charge on any atom is -0.424 e. The Balaban J connectivity index is 1.94. The van der Waals surface area contributed by atoms with Gasteiger partial charge in [-0.3, -0.25) is 0 Å². The van der Waals surface area contributed by atoms with Crippen LogP contribution in [0, 0.1) is 5.41 Å².